The van der Waals surface area contributed by atoms with Crippen LogP contribution in [0.15, 0.2) is 0 Å². The van der Waals surface area contributed by atoms with Gasteiger partial charge in [-0.2, -0.15) is 0 Å². The molecular formula is C6H13NO2. The van der Waals surface area contributed by atoms with E-state index in [0.717, 1.165) is 13.2 Å². The molecule has 0 aromatic heterocycles. The molecule has 3 nitrogen and oxygen atoms in total. The first-order chi connectivity index (χ1) is 4.34. The SMILES string of the molecule is CC(CN)C1OCCO1. The summed E-state index contributed by atoms with van der Waals surface area (Å²) >= 11 is 0. The summed E-state index contributed by atoms with van der Waals surface area (Å²) in [5.74, 6) is 0.326. The molecule has 0 radical (unpaired) electrons. The van der Waals surface area contributed by atoms with E-state index in [9.17, 15) is 0 Å². The maximum absolute atomic E-state index is 5.39. The van der Waals surface area contributed by atoms with Gasteiger partial charge in [0.25, 0.3) is 0 Å². The molecule has 1 fully saturated rings. The first-order valence-electron chi connectivity index (χ1n) is 3.28. The molecule has 1 rings (SSSR count). The van der Waals surface area contributed by atoms with Crippen LogP contribution >= 0.6 is 0 Å². The van der Waals surface area contributed by atoms with Gasteiger partial charge in [0, 0.05) is 5.92 Å². The average Bonchev–Trinajstić information content (AvgIpc) is 2.37. The van der Waals surface area contributed by atoms with E-state index >= 15 is 0 Å². The zero-order valence-corrected chi connectivity index (χ0v) is 5.67. The van der Waals surface area contributed by atoms with Crippen molar-refractivity contribution in [2.24, 2.45) is 11.7 Å². The number of rotatable bonds is 2. The highest BCUT2D eigenvalue weighted by molar-refractivity contribution is 4.61. The van der Waals surface area contributed by atoms with Gasteiger partial charge >= 0.3 is 0 Å². The van der Waals surface area contributed by atoms with Gasteiger partial charge in [-0.25, -0.2) is 0 Å². The van der Waals surface area contributed by atoms with Gasteiger partial charge in [0.05, 0.1) is 13.2 Å². The zero-order valence-electron chi connectivity index (χ0n) is 5.67. The van der Waals surface area contributed by atoms with Crippen LogP contribution in [0.1, 0.15) is 6.92 Å². The van der Waals surface area contributed by atoms with Crippen LogP contribution in [0.25, 0.3) is 0 Å². The number of hydrogen-bond donors (Lipinski definition) is 1. The summed E-state index contributed by atoms with van der Waals surface area (Å²) in [5, 5.41) is 0. The Morgan fingerprint density at radius 3 is 2.56 bits per heavy atom. The first-order valence-corrected chi connectivity index (χ1v) is 3.28. The second-order valence-electron chi connectivity index (χ2n) is 2.32. The Labute approximate surface area is 55.1 Å². The molecule has 0 bridgehead atoms. The lowest BCUT2D eigenvalue weighted by molar-refractivity contribution is -0.0756. The quantitative estimate of drug-likeness (QED) is 0.571. The first kappa shape index (κ1) is 6.99. The van der Waals surface area contributed by atoms with Crippen LogP contribution in [0, 0.1) is 5.92 Å². The van der Waals surface area contributed by atoms with Gasteiger partial charge in [0.15, 0.2) is 6.29 Å². The molecule has 0 aliphatic carbocycles. The Kier molecular flexibility index (Phi) is 2.45. The highest BCUT2D eigenvalue weighted by atomic mass is 16.7. The van der Waals surface area contributed by atoms with Crippen molar-refractivity contribution in [3.05, 3.63) is 0 Å². The molecular weight excluding hydrogens is 118 g/mol. The molecule has 0 amide bonds. The maximum Gasteiger partial charge on any atom is 0.161 e. The van der Waals surface area contributed by atoms with E-state index in [1.807, 2.05) is 6.92 Å². The van der Waals surface area contributed by atoms with Crippen molar-refractivity contribution in [1.82, 2.24) is 0 Å². The lowest BCUT2D eigenvalue weighted by atomic mass is 10.2. The summed E-state index contributed by atoms with van der Waals surface area (Å²) in [5.41, 5.74) is 5.39. The van der Waals surface area contributed by atoms with Gasteiger partial charge in [-0.15, -0.1) is 0 Å². The minimum atomic E-state index is -0.0463. The summed E-state index contributed by atoms with van der Waals surface area (Å²) in [6, 6.07) is 0. The molecule has 0 aromatic rings. The Hall–Kier alpha value is -0.120. The minimum Gasteiger partial charge on any atom is -0.350 e. The standard InChI is InChI=1S/C6H13NO2/c1-5(4-7)6-8-2-3-9-6/h5-6H,2-4,7H2,1H3. The molecule has 1 unspecified atom stereocenters. The molecule has 3 heteroatoms. The maximum atomic E-state index is 5.39. The highest BCUT2D eigenvalue weighted by Crippen LogP contribution is 2.12. The summed E-state index contributed by atoms with van der Waals surface area (Å²) in [6.07, 6.45) is -0.0463. The number of ether oxygens (including phenoxy) is 2. The third-order valence-corrected chi connectivity index (χ3v) is 1.48. The van der Waals surface area contributed by atoms with Gasteiger partial charge in [0.2, 0.25) is 0 Å². The lowest BCUT2D eigenvalue weighted by Crippen LogP contribution is -2.25. The van der Waals surface area contributed by atoms with Crippen LogP contribution in [0.3, 0.4) is 0 Å². The number of nitrogens with two attached hydrogens (primary N) is 1. The topological polar surface area (TPSA) is 44.5 Å². The predicted octanol–water partition coefficient (Wildman–Crippen LogP) is -0.0459. The molecule has 54 valence electrons. The van der Waals surface area contributed by atoms with Crippen LogP contribution in [0.4, 0.5) is 0 Å². The summed E-state index contributed by atoms with van der Waals surface area (Å²) in [6.45, 7) is 4.09. The van der Waals surface area contributed by atoms with Crippen molar-refractivity contribution in [2.75, 3.05) is 19.8 Å². The average molecular weight is 131 g/mol. The van der Waals surface area contributed by atoms with E-state index in [4.69, 9.17) is 15.2 Å². The monoisotopic (exact) mass is 131 g/mol. The van der Waals surface area contributed by atoms with E-state index in [0.29, 0.717) is 12.5 Å². The second-order valence-corrected chi connectivity index (χ2v) is 2.32. The normalized spacial score (nSPS) is 24.7. The summed E-state index contributed by atoms with van der Waals surface area (Å²) in [7, 11) is 0. The Morgan fingerprint density at radius 1 is 1.56 bits per heavy atom. The van der Waals surface area contributed by atoms with Crippen molar-refractivity contribution in [1.29, 1.82) is 0 Å². The molecule has 1 saturated heterocycles. The zero-order chi connectivity index (χ0) is 6.69. The van der Waals surface area contributed by atoms with Crippen molar-refractivity contribution < 1.29 is 9.47 Å². The third-order valence-electron chi connectivity index (χ3n) is 1.48. The van der Waals surface area contributed by atoms with Gasteiger partial charge in [-0.1, -0.05) is 6.92 Å². The van der Waals surface area contributed by atoms with Crippen molar-refractivity contribution in [3.63, 3.8) is 0 Å². The lowest BCUT2D eigenvalue weighted by Gasteiger charge is -2.14. The summed E-state index contributed by atoms with van der Waals surface area (Å²) < 4.78 is 10.4. The minimum absolute atomic E-state index is 0.0463. The van der Waals surface area contributed by atoms with Crippen molar-refractivity contribution >= 4 is 0 Å². The largest absolute Gasteiger partial charge is 0.350 e. The van der Waals surface area contributed by atoms with Crippen LogP contribution < -0.4 is 5.73 Å². The van der Waals surface area contributed by atoms with Gasteiger partial charge in [-0.05, 0) is 6.54 Å². The van der Waals surface area contributed by atoms with E-state index in [1.54, 1.807) is 0 Å². The van der Waals surface area contributed by atoms with E-state index < -0.39 is 0 Å². The molecule has 1 aliphatic heterocycles. The predicted molar refractivity (Wildman–Crippen MR) is 33.9 cm³/mol. The van der Waals surface area contributed by atoms with Gasteiger partial charge in [0.1, 0.15) is 0 Å². The Balaban J connectivity index is 2.24. The molecule has 0 spiro atoms. The van der Waals surface area contributed by atoms with Crippen molar-refractivity contribution in [2.45, 2.75) is 13.2 Å². The van der Waals surface area contributed by atoms with Gasteiger partial charge < -0.3 is 15.2 Å². The molecule has 0 aromatic carbocycles. The third kappa shape index (κ3) is 1.64. The smallest absolute Gasteiger partial charge is 0.161 e. The fourth-order valence-electron chi connectivity index (χ4n) is 0.816. The van der Waals surface area contributed by atoms with E-state index in [2.05, 4.69) is 0 Å². The molecule has 2 N–H and O–H groups in total. The van der Waals surface area contributed by atoms with Crippen LogP contribution in [0.5, 0.6) is 0 Å². The Morgan fingerprint density at radius 2 is 2.11 bits per heavy atom. The van der Waals surface area contributed by atoms with Crippen LogP contribution in [0.2, 0.25) is 0 Å². The number of hydrogen-bond acceptors (Lipinski definition) is 3. The van der Waals surface area contributed by atoms with Crippen LogP contribution in [-0.2, 0) is 9.47 Å². The highest BCUT2D eigenvalue weighted by Gasteiger charge is 2.21. The van der Waals surface area contributed by atoms with Crippen molar-refractivity contribution in [3.8, 4) is 0 Å². The molecule has 9 heavy (non-hydrogen) atoms. The fourth-order valence-corrected chi connectivity index (χ4v) is 0.816. The molecule has 1 heterocycles. The fraction of sp³-hybridized carbons (Fsp3) is 1.00. The van der Waals surface area contributed by atoms with E-state index in [-0.39, 0.29) is 6.29 Å². The second kappa shape index (κ2) is 3.15. The van der Waals surface area contributed by atoms with Gasteiger partial charge in [-0.3, -0.25) is 0 Å². The Bertz CT molecular complexity index is 81.1. The van der Waals surface area contributed by atoms with Crippen LogP contribution in [-0.4, -0.2) is 26.0 Å². The molecule has 0 saturated carbocycles. The van der Waals surface area contributed by atoms with E-state index in [1.165, 1.54) is 0 Å². The molecule has 1 aliphatic rings. The summed E-state index contributed by atoms with van der Waals surface area (Å²) in [4.78, 5) is 0. The molecule has 1 atom stereocenters.